The lowest BCUT2D eigenvalue weighted by Gasteiger charge is -2.41. The molecule has 0 spiro atoms. The summed E-state index contributed by atoms with van der Waals surface area (Å²) in [6, 6.07) is 10.4. The number of aliphatic hydroxyl groups is 4. The van der Waals surface area contributed by atoms with Gasteiger partial charge in [-0.2, -0.15) is 0 Å². The van der Waals surface area contributed by atoms with Gasteiger partial charge >= 0.3 is 0 Å². The third-order valence-electron chi connectivity index (χ3n) is 8.19. The summed E-state index contributed by atoms with van der Waals surface area (Å²) in [4.78, 5) is 18.3. The Hall–Kier alpha value is -3.27. The number of ether oxygens (including phenoxy) is 4. The maximum atomic E-state index is 12.9. The Labute approximate surface area is 264 Å². The van der Waals surface area contributed by atoms with Crippen molar-refractivity contribution < 1.29 is 54.1 Å². The second-order valence-electron chi connectivity index (χ2n) is 11.4. The summed E-state index contributed by atoms with van der Waals surface area (Å²) < 4.78 is 22.2. The fraction of sp³-hybridized carbons (Fsp3) is 0.484. The second kappa shape index (κ2) is 14.0. The number of nitrogens with zero attached hydrogens (tertiary/aromatic N) is 1. The topological polar surface area (TPSA) is 189 Å². The Kier molecular flexibility index (Phi) is 10.3. The molecule has 244 valence electrons. The van der Waals surface area contributed by atoms with E-state index in [1.54, 1.807) is 32.0 Å². The number of hydrogen-bond donors (Lipinski definition) is 6. The van der Waals surface area contributed by atoms with E-state index in [4.69, 9.17) is 35.4 Å². The number of oxime groups is 1. The van der Waals surface area contributed by atoms with Crippen molar-refractivity contribution in [3.63, 3.8) is 0 Å². The number of carbonyl (C=O) groups is 1. The molecule has 0 aromatic heterocycles. The lowest BCUT2D eigenvalue weighted by Crippen LogP contribution is -2.67. The minimum absolute atomic E-state index is 0.0497. The first-order chi connectivity index (χ1) is 21.4. The molecule has 13 nitrogen and oxygen atoms in total. The molecular formula is C31H37ClN2O11. The van der Waals surface area contributed by atoms with E-state index in [0.29, 0.717) is 16.3 Å². The van der Waals surface area contributed by atoms with E-state index >= 15 is 0 Å². The first-order valence-electron chi connectivity index (χ1n) is 14.4. The normalized spacial score (nSPS) is 33.5. The monoisotopic (exact) mass is 648 g/mol. The highest BCUT2D eigenvalue weighted by Crippen LogP contribution is 2.35. The van der Waals surface area contributed by atoms with Crippen LogP contribution in [0.4, 0.5) is 0 Å². The molecule has 6 N–H and O–H groups in total. The third kappa shape index (κ3) is 7.26. The quantitative estimate of drug-likeness (QED) is 0.131. The number of benzene rings is 2. The van der Waals surface area contributed by atoms with Gasteiger partial charge < -0.3 is 54.6 Å². The van der Waals surface area contributed by atoms with Crippen molar-refractivity contribution in [1.29, 1.82) is 0 Å². The van der Waals surface area contributed by atoms with E-state index in [9.17, 15) is 30.3 Å². The largest absolute Gasteiger partial charge is 0.504 e. The highest BCUT2D eigenvalue weighted by Gasteiger charge is 2.53. The number of amides is 1. The van der Waals surface area contributed by atoms with E-state index in [1.165, 1.54) is 25.1 Å². The molecule has 10 atom stereocenters. The maximum Gasteiger partial charge on any atom is 0.247 e. The molecule has 14 heteroatoms. The molecule has 3 aliphatic rings. The molecular weight excluding hydrogens is 612 g/mol. The van der Waals surface area contributed by atoms with Gasteiger partial charge in [-0.3, -0.25) is 4.79 Å². The minimum Gasteiger partial charge on any atom is -0.504 e. The maximum absolute atomic E-state index is 12.9. The van der Waals surface area contributed by atoms with Crippen LogP contribution < -0.4 is 10.1 Å². The predicted octanol–water partition coefficient (Wildman–Crippen LogP) is 1.46. The highest BCUT2D eigenvalue weighted by atomic mass is 35.5. The van der Waals surface area contributed by atoms with Crippen molar-refractivity contribution in [2.75, 3.05) is 6.79 Å². The van der Waals surface area contributed by atoms with Crippen molar-refractivity contribution in [1.82, 2.24) is 5.32 Å². The Morgan fingerprint density at radius 3 is 2.49 bits per heavy atom. The highest BCUT2D eigenvalue weighted by molar-refractivity contribution is 6.30. The van der Waals surface area contributed by atoms with Gasteiger partial charge in [0, 0.05) is 16.5 Å². The minimum atomic E-state index is -1.48. The zero-order chi connectivity index (χ0) is 32.4. The van der Waals surface area contributed by atoms with Crippen molar-refractivity contribution in [2.45, 2.75) is 82.4 Å². The molecule has 3 unspecified atom stereocenters. The van der Waals surface area contributed by atoms with Crippen LogP contribution in [0.5, 0.6) is 11.5 Å². The van der Waals surface area contributed by atoms with Gasteiger partial charge in [-0.05, 0) is 55.3 Å². The molecule has 1 saturated carbocycles. The van der Waals surface area contributed by atoms with E-state index in [0.717, 1.165) is 5.56 Å². The van der Waals surface area contributed by atoms with Crippen molar-refractivity contribution >= 4 is 29.3 Å². The average molecular weight is 649 g/mol. The first-order valence-corrected chi connectivity index (χ1v) is 14.8. The Morgan fingerprint density at radius 2 is 1.78 bits per heavy atom. The molecule has 1 amide bonds. The molecule has 2 aliphatic heterocycles. The van der Waals surface area contributed by atoms with Gasteiger partial charge in [-0.25, -0.2) is 0 Å². The fourth-order valence-electron chi connectivity index (χ4n) is 5.63. The average Bonchev–Trinajstić information content (AvgIpc) is 3.61. The van der Waals surface area contributed by atoms with Crippen LogP contribution in [-0.4, -0.2) is 99.0 Å². The van der Waals surface area contributed by atoms with Gasteiger partial charge in [0.25, 0.3) is 0 Å². The van der Waals surface area contributed by atoms with Crippen LogP contribution in [0.25, 0.3) is 6.08 Å². The van der Waals surface area contributed by atoms with Gasteiger partial charge in [0.15, 0.2) is 11.5 Å². The Morgan fingerprint density at radius 1 is 1.04 bits per heavy atom. The molecule has 2 aromatic rings. The van der Waals surface area contributed by atoms with Crippen LogP contribution in [-0.2, 0) is 30.4 Å². The Bertz CT molecular complexity index is 1440. The standard InChI is InChI=1S/C31H37ClN2O11/c1-14(30(40)33-22-24(37)26(39)29-28(25(22)38)41-13-42-29)9-17-7-8-21(20(35)11-17)44-31-23(36)15(2)27(45-31)16(3)34-43-12-18-5-4-6-19(32)10-18/h4-11,15,22-29,31,35-39H,12-13H2,1-3H3,(H,33,40)/b14-9+,34-16+/t15?,22?,23-,24-,25+,26+,27?,28-,29+,31+/m0/s1. The number of carbonyl (C=O) groups excluding carboxylic acids is 1. The number of aromatic hydroxyl groups is 1. The molecule has 0 radical (unpaired) electrons. The zero-order valence-electron chi connectivity index (χ0n) is 24.8. The van der Waals surface area contributed by atoms with Gasteiger partial charge in [-0.1, -0.05) is 41.9 Å². The molecule has 2 saturated heterocycles. The molecule has 1 aliphatic carbocycles. The molecule has 0 bridgehead atoms. The van der Waals surface area contributed by atoms with E-state index in [2.05, 4.69) is 10.5 Å². The summed E-state index contributed by atoms with van der Waals surface area (Å²) in [5.74, 6) is -1.21. The number of phenols is 1. The molecule has 3 fully saturated rings. The smallest absolute Gasteiger partial charge is 0.247 e. The molecule has 45 heavy (non-hydrogen) atoms. The molecule has 2 aromatic carbocycles. The van der Waals surface area contributed by atoms with Crippen LogP contribution >= 0.6 is 11.6 Å². The summed E-state index contributed by atoms with van der Waals surface area (Å²) in [6.07, 6.45) is -7.18. The SMILES string of the molecule is C/C(=C\c1ccc(O[C@@H]2OC(/C(C)=N/OCc3cccc(Cl)c3)C(C)[C@@H]2O)c(O)c1)C(=O)NC1[C@@H](O)[C@@H]2OCO[C@@H]2[C@H](O)[C@H]1O. The summed E-state index contributed by atoms with van der Waals surface area (Å²) in [6.45, 7) is 5.08. The van der Waals surface area contributed by atoms with Crippen LogP contribution in [0.3, 0.4) is 0 Å². The number of aliphatic hydroxyl groups excluding tert-OH is 4. The second-order valence-corrected chi connectivity index (χ2v) is 11.9. The van der Waals surface area contributed by atoms with E-state index in [1.807, 2.05) is 12.1 Å². The predicted molar refractivity (Wildman–Crippen MR) is 160 cm³/mol. The number of phenolic OH excluding ortho intramolecular Hbond substituents is 1. The summed E-state index contributed by atoms with van der Waals surface area (Å²) in [5.41, 5.74) is 1.99. The molecule has 2 heterocycles. The van der Waals surface area contributed by atoms with Gasteiger partial charge in [0.2, 0.25) is 12.2 Å². The van der Waals surface area contributed by atoms with Gasteiger partial charge in [-0.15, -0.1) is 0 Å². The van der Waals surface area contributed by atoms with Crippen LogP contribution in [0.15, 0.2) is 53.2 Å². The summed E-state index contributed by atoms with van der Waals surface area (Å²) in [5, 5.41) is 60.1. The number of nitrogens with one attached hydrogen (secondary N) is 1. The van der Waals surface area contributed by atoms with E-state index < -0.39 is 61.0 Å². The lowest BCUT2D eigenvalue weighted by molar-refractivity contribution is -0.155. The molecule has 5 rings (SSSR count). The fourth-order valence-corrected chi connectivity index (χ4v) is 5.84. The number of fused-ring (bicyclic) bond motifs is 1. The summed E-state index contributed by atoms with van der Waals surface area (Å²) in [7, 11) is 0. The third-order valence-corrected chi connectivity index (χ3v) is 8.42. The van der Waals surface area contributed by atoms with E-state index in [-0.39, 0.29) is 36.4 Å². The van der Waals surface area contributed by atoms with Crippen molar-refractivity contribution in [2.24, 2.45) is 11.1 Å². The number of halogens is 1. The number of rotatable bonds is 9. The van der Waals surface area contributed by atoms with Gasteiger partial charge in [0.1, 0.15) is 56.1 Å². The lowest BCUT2D eigenvalue weighted by atomic mass is 9.83. The van der Waals surface area contributed by atoms with Crippen LogP contribution in [0.1, 0.15) is 31.9 Å². The van der Waals surface area contributed by atoms with Gasteiger partial charge in [0.05, 0.1) is 11.8 Å². The zero-order valence-corrected chi connectivity index (χ0v) is 25.6. The van der Waals surface area contributed by atoms with Crippen LogP contribution in [0, 0.1) is 5.92 Å². The summed E-state index contributed by atoms with van der Waals surface area (Å²) >= 11 is 6.00. The van der Waals surface area contributed by atoms with Crippen LogP contribution in [0.2, 0.25) is 5.02 Å². The Balaban J connectivity index is 1.18. The van der Waals surface area contributed by atoms with Crippen molar-refractivity contribution in [3.05, 3.63) is 64.2 Å². The first kappa shape index (κ1) is 33.1. The van der Waals surface area contributed by atoms with Crippen molar-refractivity contribution in [3.8, 4) is 11.5 Å². The number of hydrogen-bond acceptors (Lipinski definition) is 12.